The lowest BCUT2D eigenvalue weighted by Gasteiger charge is -2.38. The summed E-state index contributed by atoms with van der Waals surface area (Å²) in [4.78, 5) is 11.3. The van der Waals surface area contributed by atoms with E-state index in [2.05, 4.69) is 19.1 Å². The third-order valence-corrected chi connectivity index (χ3v) is 8.42. The molecule has 0 radical (unpaired) electrons. The summed E-state index contributed by atoms with van der Waals surface area (Å²) < 4.78 is 5.40. The lowest BCUT2D eigenvalue weighted by Crippen LogP contribution is -2.26. The van der Waals surface area contributed by atoms with E-state index >= 15 is 0 Å². The Bertz CT molecular complexity index is 493. The molecule has 0 aromatic rings. The molecule has 166 valence electrons. The van der Waals surface area contributed by atoms with E-state index in [-0.39, 0.29) is 18.0 Å². The molecule has 0 N–H and O–H groups in total. The number of halogens is 1. The van der Waals surface area contributed by atoms with Gasteiger partial charge in [0.05, 0.1) is 0 Å². The molecule has 3 rings (SSSR count). The maximum Gasteiger partial charge on any atom is 0.321 e. The van der Waals surface area contributed by atoms with Crippen LogP contribution in [0, 0.1) is 29.6 Å². The fourth-order valence-electron chi connectivity index (χ4n) is 6.31. The van der Waals surface area contributed by atoms with Crippen LogP contribution in [0.15, 0.2) is 12.2 Å². The van der Waals surface area contributed by atoms with E-state index in [9.17, 15) is 4.79 Å². The van der Waals surface area contributed by atoms with Crippen molar-refractivity contribution in [2.45, 2.75) is 109 Å². The van der Waals surface area contributed by atoms with Crippen LogP contribution in [0.5, 0.6) is 0 Å². The molecular weight excluding hydrogens is 380 g/mol. The molecule has 0 amide bonds. The number of rotatable bonds is 8. The van der Waals surface area contributed by atoms with Crippen LogP contribution in [0.2, 0.25) is 0 Å². The molecule has 29 heavy (non-hydrogen) atoms. The first-order valence-electron chi connectivity index (χ1n) is 12.6. The zero-order valence-electron chi connectivity index (χ0n) is 18.6. The summed E-state index contributed by atoms with van der Waals surface area (Å²) in [6.45, 7) is 2.24. The number of hydrogen-bond donors (Lipinski definition) is 0. The van der Waals surface area contributed by atoms with Crippen molar-refractivity contribution in [3.8, 4) is 0 Å². The quantitative estimate of drug-likeness (QED) is 0.227. The van der Waals surface area contributed by atoms with Gasteiger partial charge in [0.1, 0.15) is 12.0 Å². The van der Waals surface area contributed by atoms with E-state index in [0.717, 1.165) is 42.4 Å². The van der Waals surface area contributed by atoms with Crippen LogP contribution in [0.3, 0.4) is 0 Å². The van der Waals surface area contributed by atoms with Crippen molar-refractivity contribution in [2.24, 2.45) is 29.6 Å². The Morgan fingerprint density at radius 3 is 1.86 bits per heavy atom. The Hall–Kier alpha value is -0.500. The van der Waals surface area contributed by atoms with Gasteiger partial charge in [0.15, 0.2) is 0 Å². The van der Waals surface area contributed by atoms with E-state index in [4.69, 9.17) is 16.3 Å². The monoisotopic (exact) mass is 422 g/mol. The van der Waals surface area contributed by atoms with Crippen molar-refractivity contribution in [1.29, 1.82) is 0 Å². The molecular formula is C26H43ClO2. The van der Waals surface area contributed by atoms with Crippen LogP contribution in [0.25, 0.3) is 0 Å². The first-order chi connectivity index (χ1) is 14.2. The van der Waals surface area contributed by atoms with Crippen molar-refractivity contribution in [1.82, 2.24) is 0 Å². The second kappa shape index (κ2) is 12.4. The topological polar surface area (TPSA) is 26.3 Å². The first-order valence-corrected chi connectivity index (χ1v) is 13.1. The normalized spacial score (nSPS) is 36.2. The van der Waals surface area contributed by atoms with E-state index in [1.54, 1.807) is 0 Å². The van der Waals surface area contributed by atoms with Crippen molar-refractivity contribution in [3.63, 3.8) is 0 Å². The zero-order valence-corrected chi connectivity index (χ0v) is 19.4. The number of hydrogen-bond acceptors (Lipinski definition) is 2. The van der Waals surface area contributed by atoms with Crippen LogP contribution in [-0.2, 0) is 9.53 Å². The standard InChI is InChI=1S/C26H43ClO2/c1-2-3-4-20-7-13-23(14-8-20)24-15-9-21(10-16-24)5-6-22-11-17-25(18-12-22)29-26(28)19-27/h3-4,20-25H,2,5-19H2,1H3. The Balaban J connectivity index is 1.27. The number of alkyl halides is 1. The molecule has 0 aromatic carbocycles. The molecule has 0 aliphatic heterocycles. The number of esters is 1. The smallest absolute Gasteiger partial charge is 0.321 e. The summed E-state index contributed by atoms with van der Waals surface area (Å²) in [7, 11) is 0. The van der Waals surface area contributed by atoms with Gasteiger partial charge >= 0.3 is 5.97 Å². The summed E-state index contributed by atoms with van der Waals surface area (Å²) in [6, 6.07) is 0. The molecule has 0 aromatic heterocycles. The van der Waals surface area contributed by atoms with Gasteiger partial charge in [0, 0.05) is 0 Å². The highest BCUT2D eigenvalue weighted by molar-refractivity contribution is 6.26. The largest absolute Gasteiger partial charge is 0.461 e. The van der Waals surface area contributed by atoms with Crippen molar-refractivity contribution in [3.05, 3.63) is 12.2 Å². The number of allylic oxidation sites excluding steroid dienone is 2. The molecule has 3 aliphatic rings. The molecule has 0 atom stereocenters. The van der Waals surface area contributed by atoms with E-state index in [1.165, 1.54) is 83.5 Å². The van der Waals surface area contributed by atoms with Crippen molar-refractivity contribution in [2.75, 3.05) is 5.88 Å². The van der Waals surface area contributed by atoms with Crippen molar-refractivity contribution < 1.29 is 9.53 Å². The third-order valence-electron chi connectivity index (χ3n) is 8.20. The van der Waals surface area contributed by atoms with Gasteiger partial charge in [0.25, 0.3) is 0 Å². The Kier molecular flexibility index (Phi) is 9.89. The Morgan fingerprint density at radius 2 is 1.34 bits per heavy atom. The minimum absolute atomic E-state index is 0.0139. The second-order valence-electron chi connectivity index (χ2n) is 10.1. The van der Waals surface area contributed by atoms with Gasteiger partial charge in [-0.2, -0.15) is 0 Å². The van der Waals surface area contributed by atoms with E-state index in [1.807, 2.05) is 0 Å². The van der Waals surface area contributed by atoms with Gasteiger partial charge in [-0.05, 0) is 100 Å². The van der Waals surface area contributed by atoms with Crippen LogP contribution in [-0.4, -0.2) is 18.0 Å². The minimum Gasteiger partial charge on any atom is -0.461 e. The van der Waals surface area contributed by atoms with Gasteiger partial charge in [-0.15, -0.1) is 11.6 Å². The summed E-state index contributed by atoms with van der Waals surface area (Å²) in [5.74, 6) is 4.48. The molecule has 0 bridgehead atoms. The second-order valence-corrected chi connectivity index (χ2v) is 10.4. The predicted molar refractivity (Wildman–Crippen MR) is 122 cm³/mol. The highest BCUT2D eigenvalue weighted by Gasteiger charge is 2.31. The van der Waals surface area contributed by atoms with Gasteiger partial charge in [-0.25, -0.2) is 0 Å². The lowest BCUT2D eigenvalue weighted by molar-refractivity contribution is -0.147. The summed E-state index contributed by atoms with van der Waals surface area (Å²) in [6.07, 6.45) is 25.3. The maximum absolute atomic E-state index is 11.3. The van der Waals surface area contributed by atoms with Crippen LogP contribution in [0.1, 0.15) is 103 Å². The highest BCUT2D eigenvalue weighted by Crippen LogP contribution is 2.43. The fourth-order valence-corrected chi connectivity index (χ4v) is 6.38. The molecule has 0 saturated heterocycles. The number of carbonyl (C=O) groups excluding carboxylic acids is 1. The van der Waals surface area contributed by atoms with Crippen molar-refractivity contribution >= 4 is 17.6 Å². The van der Waals surface area contributed by atoms with Crippen LogP contribution in [0.4, 0.5) is 0 Å². The first kappa shape index (κ1) is 23.2. The van der Waals surface area contributed by atoms with Crippen LogP contribution >= 0.6 is 11.6 Å². The van der Waals surface area contributed by atoms with E-state index < -0.39 is 0 Å². The molecule has 3 heteroatoms. The van der Waals surface area contributed by atoms with Gasteiger partial charge in [-0.1, -0.05) is 44.8 Å². The average molecular weight is 423 g/mol. The molecule has 0 spiro atoms. The zero-order chi connectivity index (χ0) is 20.5. The number of ether oxygens (including phenoxy) is 1. The molecule has 3 aliphatic carbocycles. The summed E-state index contributed by atoms with van der Waals surface area (Å²) in [5.41, 5.74) is 0. The minimum atomic E-state index is -0.252. The van der Waals surface area contributed by atoms with Gasteiger partial charge in [0.2, 0.25) is 0 Å². The maximum atomic E-state index is 11.3. The number of carbonyl (C=O) groups is 1. The molecule has 3 fully saturated rings. The fraction of sp³-hybridized carbons (Fsp3) is 0.885. The SMILES string of the molecule is CCC=CC1CCC(C2CCC(CCC3CCC(OC(=O)CCl)CC3)CC2)CC1. The molecule has 2 nitrogen and oxygen atoms in total. The summed E-state index contributed by atoms with van der Waals surface area (Å²) >= 11 is 5.54. The summed E-state index contributed by atoms with van der Waals surface area (Å²) in [5, 5.41) is 0. The Labute approximate surface area is 184 Å². The lowest BCUT2D eigenvalue weighted by atomic mass is 9.68. The molecule has 3 saturated carbocycles. The molecule has 0 unspecified atom stereocenters. The molecule has 0 heterocycles. The van der Waals surface area contributed by atoms with Gasteiger partial charge < -0.3 is 4.74 Å². The van der Waals surface area contributed by atoms with Crippen LogP contribution < -0.4 is 0 Å². The average Bonchev–Trinajstić information content (AvgIpc) is 2.78. The third kappa shape index (κ3) is 7.60. The Morgan fingerprint density at radius 1 is 0.828 bits per heavy atom. The predicted octanol–water partition coefficient (Wildman–Crippen LogP) is 7.69. The highest BCUT2D eigenvalue weighted by atomic mass is 35.5. The van der Waals surface area contributed by atoms with E-state index in [0.29, 0.717) is 0 Å². The van der Waals surface area contributed by atoms with Gasteiger partial charge in [-0.3, -0.25) is 4.79 Å².